The number of aromatic nitrogens is 1. The Morgan fingerprint density at radius 3 is 2.95 bits per heavy atom. The second-order valence-electron chi connectivity index (χ2n) is 5.26. The highest BCUT2D eigenvalue weighted by Crippen LogP contribution is 2.25. The van der Waals surface area contributed by atoms with Gasteiger partial charge in [0, 0.05) is 17.9 Å². The van der Waals surface area contributed by atoms with E-state index in [1.54, 1.807) is 12.1 Å². The molecule has 2 unspecified atom stereocenters. The predicted molar refractivity (Wildman–Crippen MR) is 73.9 cm³/mol. The van der Waals surface area contributed by atoms with Gasteiger partial charge in [0.2, 0.25) is 0 Å². The first-order valence-corrected chi connectivity index (χ1v) is 6.65. The summed E-state index contributed by atoms with van der Waals surface area (Å²) in [7, 11) is 0. The zero-order valence-electron chi connectivity index (χ0n) is 11.7. The quantitative estimate of drug-likeness (QED) is 0.867. The van der Waals surface area contributed by atoms with Crippen LogP contribution >= 0.6 is 0 Å². The summed E-state index contributed by atoms with van der Waals surface area (Å²) in [5, 5.41) is 3.05. The normalized spacial score (nSPS) is 26.4. The van der Waals surface area contributed by atoms with Crippen molar-refractivity contribution < 1.29 is 9.53 Å². The number of carbonyl (C=O) groups is 1. The van der Waals surface area contributed by atoms with Crippen molar-refractivity contribution in [3.05, 3.63) is 23.4 Å². The molecule has 0 radical (unpaired) electrons. The van der Waals surface area contributed by atoms with Gasteiger partial charge < -0.3 is 15.8 Å². The number of amides is 1. The van der Waals surface area contributed by atoms with E-state index < -0.39 is 0 Å². The largest absolute Gasteiger partial charge is 0.384 e. The number of pyridine rings is 1. The van der Waals surface area contributed by atoms with E-state index in [1.807, 2.05) is 20.8 Å². The van der Waals surface area contributed by atoms with Gasteiger partial charge in [0.25, 0.3) is 5.91 Å². The number of aryl methyl sites for hydroxylation is 1. The molecule has 1 aliphatic rings. The fourth-order valence-corrected chi connectivity index (χ4v) is 2.25. The molecule has 0 aromatic carbocycles. The van der Waals surface area contributed by atoms with Gasteiger partial charge in [-0.15, -0.1) is 0 Å². The van der Waals surface area contributed by atoms with Crippen LogP contribution in [0.3, 0.4) is 0 Å². The average molecular weight is 263 g/mol. The predicted octanol–water partition coefficient (Wildman–Crippen LogP) is 1.52. The summed E-state index contributed by atoms with van der Waals surface area (Å²) in [5.41, 5.74) is 6.79. The van der Waals surface area contributed by atoms with Crippen molar-refractivity contribution in [2.75, 3.05) is 12.3 Å². The monoisotopic (exact) mass is 263 g/mol. The van der Waals surface area contributed by atoms with Gasteiger partial charge in [-0.2, -0.15) is 0 Å². The second-order valence-corrected chi connectivity index (χ2v) is 5.26. The zero-order valence-corrected chi connectivity index (χ0v) is 11.7. The topological polar surface area (TPSA) is 77.2 Å². The Morgan fingerprint density at radius 1 is 1.63 bits per heavy atom. The summed E-state index contributed by atoms with van der Waals surface area (Å²) < 4.78 is 5.52. The number of hydrogen-bond acceptors (Lipinski definition) is 4. The molecule has 0 bridgehead atoms. The van der Waals surface area contributed by atoms with Crippen LogP contribution in [0, 0.1) is 0 Å². The fourth-order valence-electron chi connectivity index (χ4n) is 2.25. The van der Waals surface area contributed by atoms with Gasteiger partial charge in [-0.05, 0) is 38.8 Å². The van der Waals surface area contributed by atoms with Crippen LogP contribution in [0.5, 0.6) is 0 Å². The van der Waals surface area contributed by atoms with E-state index in [4.69, 9.17) is 10.5 Å². The molecule has 1 fully saturated rings. The van der Waals surface area contributed by atoms with Crippen LogP contribution in [-0.4, -0.2) is 29.1 Å². The second kappa shape index (κ2) is 5.17. The maximum atomic E-state index is 12.3. The van der Waals surface area contributed by atoms with Crippen molar-refractivity contribution in [2.45, 2.75) is 45.3 Å². The Balaban J connectivity index is 2.18. The average Bonchev–Trinajstić information content (AvgIpc) is 2.68. The zero-order chi connectivity index (χ0) is 14.0. The number of carbonyl (C=O) groups excluding carboxylic acids is 1. The first-order chi connectivity index (χ1) is 8.94. The SMILES string of the molecule is CCc1cc(C(=O)NC2(C)CCOC2C)cc(N)n1. The first-order valence-electron chi connectivity index (χ1n) is 6.65. The van der Waals surface area contributed by atoms with Crippen molar-refractivity contribution in [3.63, 3.8) is 0 Å². The van der Waals surface area contributed by atoms with Gasteiger partial charge in [0.1, 0.15) is 5.82 Å². The van der Waals surface area contributed by atoms with Crippen molar-refractivity contribution in [2.24, 2.45) is 0 Å². The Bertz CT molecular complexity index is 490. The highest BCUT2D eigenvalue weighted by atomic mass is 16.5. The molecule has 0 spiro atoms. The third kappa shape index (κ3) is 2.87. The molecule has 1 amide bonds. The van der Waals surface area contributed by atoms with E-state index in [-0.39, 0.29) is 17.6 Å². The smallest absolute Gasteiger partial charge is 0.251 e. The molecule has 0 saturated carbocycles. The number of hydrogen-bond donors (Lipinski definition) is 2. The molecular weight excluding hydrogens is 242 g/mol. The Kier molecular flexibility index (Phi) is 3.75. The van der Waals surface area contributed by atoms with E-state index in [2.05, 4.69) is 10.3 Å². The van der Waals surface area contributed by atoms with Gasteiger partial charge in [-0.25, -0.2) is 4.98 Å². The fraction of sp³-hybridized carbons (Fsp3) is 0.571. The lowest BCUT2D eigenvalue weighted by molar-refractivity contribution is 0.0727. The molecule has 2 heterocycles. The number of ether oxygens (including phenoxy) is 1. The van der Waals surface area contributed by atoms with Crippen LogP contribution in [0.25, 0.3) is 0 Å². The molecule has 3 N–H and O–H groups in total. The van der Waals surface area contributed by atoms with Gasteiger partial charge in [0.15, 0.2) is 0 Å². The van der Waals surface area contributed by atoms with Gasteiger partial charge in [-0.3, -0.25) is 4.79 Å². The minimum atomic E-state index is -0.318. The maximum Gasteiger partial charge on any atom is 0.251 e. The number of rotatable bonds is 3. The highest BCUT2D eigenvalue weighted by molar-refractivity contribution is 5.95. The molecule has 1 aromatic heterocycles. The molecule has 2 atom stereocenters. The lowest BCUT2D eigenvalue weighted by atomic mass is 9.94. The summed E-state index contributed by atoms with van der Waals surface area (Å²) >= 11 is 0. The van der Waals surface area contributed by atoms with Crippen LogP contribution in [0.15, 0.2) is 12.1 Å². The summed E-state index contributed by atoms with van der Waals surface area (Å²) in [6, 6.07) is 3.40. The number of nitrogens with one attached hydrogen (secondary N) is 1. The van der Waals surface area contributed by atoms with E-state index in [0.29, 0.717) is 18.0 Å². The molecule has 5 heteroatoms. The lowest BCUT2D eigenvalue weighted by Crippen LogP contribution is -2.50. The number of anilines is 1. The summed E-state index contributed by atoms with van der Waals surface area (Å²) in [4.78, 5) is 16.5. The standard InChI is InChI=1S/C14H21N3O2/c1-4-11-7-10(8-12(15)16-11)13(18)17-14(3)5-6-19-9(14)2/h7-9H,4-6H2,1-3H3,(H2,15,16)(H,17,18). The van der Waals surface area contributed by atoms with Crippen molar-refractivity contribution in [1.29, 1.82) is 0 Å². The minimum Gasteiger partial charge on any atom is -0.384 e. The Labute approximate surface area is 113 Å². The van der Waals surface area contributed by atoms with Crippen molar-refractivity contribution in [3.8, 4) is 0 Å². The minimum absolute atomic E-state index is 0.0151. The molecular formula is C14H21N3O2. The number of nitrogens with two attached hydrogens (primary N) is 1. The molecule has 1 saturated heterocycles. The van der Waals surface area contributed by atoms with E-state index in [1.165, 1.54) is 0 Å². The number of nitrogen functional groups attached to an aromatic ring is 1. The van der Waals surface area contributed by atoms with Crippen LogP contribution < -0.4 is 11.1 Å². The summed E-state index contributed by atoms with van der Waals surface area (Å²) in [6.07, 6.45) is 1.59. The molecule has 0 aliphatic carbocycles. The van der Waals surface area contributed by atoms with Crippen LogP contribution in [0.1, 0.15) is 43.2 Å². The van der Waals surface area contributed by atoms with Gasteiger partial charge >= 0.3 is 0 Å². The maximum absolute atomic E-state index is 12.3. The van der Waals surface area contributed by atoms with Crippen molar-refractivity contribution >= 4 is 11.7 Å². The lowest BCUT2D eigenvalue weighted by Gasteiger charge is -2.29. The van der Waals surface area contributed by atoms with E-state index in [9.17, 15) is 4.79 Å². The van der Waals surface area contributed by atoms with E-state index >= 15 is 0 Å². The van der Waals surface area contributed by atoms with Gasteiger partial charge in [0.05, 0.1) is 11.6 Å². The molecule has 2 rings (SSSR count). The third-order valence-electron chi connectivity index (χ3n) is 3.81. The Morgan fingerprint density at radius 2 is 2.37 bits per heavy atom. The molecule has 1 aliphatic heterocycles. The van der Waals surface area contributed by atoms with Crippen LogP contribution in [-0.2, 0) is 11.2 Å². The van der Waals surface area contributed by atoms with Crippen LogP contribution in [0.4, 0.5) is 5.82 Å². The molecule has 19 heavy (non-hydrogen) atoms. The third-order valence-corrected chi connectivity index (χ3v) is 3.81. The first kappa shape index (κ1) is 13.8. The van der Waals surface area contributed by atoms with E-state index in [0.717, 1.165) is 18.5 Å². The summed E-state index contributed by atoms with van der Waals surface area (Å²) in [6.45, 7) is 6.65. The Hall–Kier alpha value is -1.62. The summed E-state index contributed by atoms with van der Waals surface area (Å²) in [5.74, 6) is 0.258. The van der Waals surface area contributed by atoms with Crippen LogP contribution in [0.2, 0.25) is 0 Å². The molecule has 5 nitrogen and oxygen atoms in total. The van der Waals surface area contributed by atoms with Crippen molar-refractivity contribution in [1.82, 2.24) is 10.3 Å². The number of nitrogens with zero attached hydrogens (tertiary/aromatic N) is 1. The molecule has 1 aromatic rings. The highest BCUT2D eigenvalue weighted by Gasteiger charge is 2.38. The molecule has 104 valence electrons. The van der Waals surface area contributed by atoms with Gasteiger partial charge in [-0.1, -0.05) is 6.92 Å².